The Morgan fingerprint density at radius 1 is 1.18 bits per heavy atom. The summed E-state index contributed by atoms with van der Waals surface area (Å²) in [6, 6.07) is 3.64. The van der Waals surface area contributed by atoms with Crippen molar-refractivity contribution in [2.45, 2.75) is 17.9 Å². The highest BCUT2D eigenvalue weighted by molar-refractivity contribution is 7.89. The molecule has 0 bridgehead atoms. The van der Waals surface area contributed by atoms with Gasteiger partial charge in [-0.25, -0.2) is 12.8 Å². The molecule has 0 unspecified atom stereocenters. The number of nitrogens with zero attached hydrogens (tertiary/aromatic N) is 2. The molecule has 2 aromatic rings. The molecule has 13 heteroatoms. The number of rotatable bonds is 7. The molecule has 180 valence electrons. The topological polar surface area (TPSA) is 98.8 Å². The standard InChI is InChI=1S/C20H23Cl2FN4O4S2/c1-12-14(21)9-13(23)10-17(12)33(30,31)25-15(20(29)27-7-5-26(2)6-8-27)11-24-19(28)16-3-4-18(22)32-16/h3-4,9-10,15,25H,5-8,11H2,1-2H3,(H,24,28)/t15-/m0/s1. The van der Waals surface area contributed by atoms with Crippen LogP contribution in [0.5, 0.6) is 0 Å². The molecule has 2 amide bonds. The van der Waals surface area contributed by atoms with Crippen LogP contribution in [0.2, 0.25) is 9.36 Å². The number of carbonyl (C=O) groups excluding carboxylic acids is 2. The fourth-order valence-electron chi connectivity index (χ4n) is 3.30. The van der Waals surface area contributed by atoms with E-state index in [2.05, 4.69) is 10.0 Å². The minimum Gasteiger partial charge on any atom is -0.349 e. The molecule has 1 fully saturated rings. The zero-order valence-corrected chi connectivity index (χ0v) is 21.0. The van der Waals surface area contributed by atoms with Crippen LogP contribution in [0.3, 0.4) is 0 Å². The Balaban J connectivity index is 1.84. The lowest BCUT2D eigenvalue weighted by atomic mass is 10.2. The Bertz CT molecular complexity index is 1150. The van der Waals surface area contributed by atoms with Crippen LogP contribution in [0.15, 0.2) is 29.2 Å². The van der Waals surface area contributed by atoms with Crippen LogP contribution < -0.4 is 10.0 Å². The molecule has 8 nitrogen and oxygen atoms in total. The first-order chi connectivity index (χ1) is 15.5. The van der Waals surface area contributed by atoms with Crippen molar-refractivity contribution in [3.05, 3.63) is 49.9 Å². The molecular weight excluding hydrogens is 514 g/mol. The second kappa shape index (κ2) is 10.7. The van der Waals surface area contributed by atoms with Gasteiger partial charge in [0.1, 0.15) is 11.9 Å². The van der Waals surface area contributed by atoms with Gasteiger partial charge in [0.25, 0.3) is 5.91 Å². The molecule has 33 heavy (non-hydrogen) atoms. The number of piperazine rings is 1. The summed E-state index contributed by atoms with van der Waals surface area (Å²) in [6.07, 6.45) is 0. The summed E-state index contributed by atoms with van der Waals surface area (Å²) in [6.45, 7) is 3.21. The Morgan fingerprint density at radius 2 is 1.85 bits per heavy atom. The number of nitrogens with one attached hydrogen (secondary N) is 2. The third-order valence-corrected chi connectivity index (χ3v) is 8.45. The molecule has 1 aliphatic rings. The second-order valence-electron chi connectivity index (χ2n) is 7.63. The van der Waals surface area contributed by atoms with E-state index in [-0.39, 0.29) is 22.0 Å². The lowest BCUT2D eigenvalue weighted by Crippen LogP contribution is -2.57. The number of thiophene rings is 1. The molecule has 2 heterocycles. The van der Waals surface area contributed by atoms with Crippen molar-refractivity contribution < 1.29 is 22.4 Å². The summed E-state index contributed by atoms with van der Waals surface area (Å²) in [5, 5.41) is 2.53. The Labute approximate surface area is 205 Å². The van der Waals surface area contributed by atoms with E-state index in [1.807, 2.05) is 11.9 Å². The first-order valence-corrected chi connectivity index (χ1v) is 13.0. The largest absolute Gasteiger partial charge is 0.349 e. The van der Waals surface area contributed by atoms with Crippen molar-refractivity contribution in [3.8, 4) is 0 Å². The van der Waals surface area contributed by atoms with E-state index in [9.17, 15) is 22.4 Å². The zero-order chi connectivity index (χ0) is 24.3. The van der Waals surface area contributed by atoms with Gasteiger partial charge in [-0.3, -0.25) is 9.59 Å². The third-order valence-electron chi connectivity index (χ3n) is 5.23. The summed E-state index contributed by atoms with van der Waals surface area (Å²) in [5.74, 6) is -1.81. The summed E-state index contributed by atoms with van der Waals surface area (Å²) in [5.41, 5.74) is 0.147. The molecule has 1 aliphatic heterocycles. The molecule has 2 N–H and O–H groups in total. The number of carbonyl (C=O) groups is 2. The molecule has 1 aromatic heterocycles. The van der Waals surface area contributed by atoms with Gasteiger partial charge in [0.15, 0.2) is 0 Å². The molecule has 0 spiro atoms. The maximum absolute atomic E-state index is 13.9. The first kappa shape index (κ1) is 25.9. The van der Waals surface area contributed by atoms with Gasteiger partial charge in [-0.15, -0.1) is 11.3 Å². The zero-order valence-electron chi connectivity index (χ0n) is 17.9. The van der Waals surface area contributed by atoms with Crippen molar-refractivity contribution in [2.75, 3.05) is 39.8 Å². The van der Waals surface area contributed by atoms with Gasteiger partial charge in [-0.1, -0.05) is 23.2 Å². The highest BCUT2D eigenvalue weighted by Gasteiger charge is 2.32. The van der Waals surface area contributed by atoms with E-state index >= 15 is 0 Å². The van der Waals surface area contributed by atoms with Gasteiger partial charge in [0.2, 0.25) is 15.9 Å². The molecule has 1 atom stereocenters. The maximum atomic E-state index is 13.9. The predicted molar refractivity (Wildman–Crippen MR) is 126 cm³/mol. The van der Waals surface area contributed by atoms with Gasteiger partial charge in [-0.2, -0.15) is 4.72 Å². The van der Waals surface area contributed by atoms with Gasteiger partial charge in [-0.05, 0) is 43.8 Å². The Hall–Kier alpha value is -1.76. The number of halogens is 3. The van der Waals surface area contributed by atoms with Gasteiger partial charge >= 0.3 is 0 Å². The van der Waals surface area contributed by atoms with Crippen LogP contribution in [0, 0.1) is 12.7 Å². The molecule has 0 saturated carbocycles. The molecule has 3 rings (SSSR count). The highest BCUT2D eigenvalue weighted by Crippen LogP contribution is 2.25. The minimum absolute atomic E-state index is 0.0554. The van der Waals surface area contributed by atoms with Crippen molar-refractivity contribution in [1.29, 1.82) is 0 Å². The van der Waals surface area contributed by atoms with Gasteiger partial charge in [0.05, 0.1) is 14.1 Å². The van der Waals surface area contributed by atoms with E-state index in [1.54, 1.807) is 6.07 Å². The van der Waals surface area contributed by atoms with E-state index < -0.39 is 33.7 Å². The van der Waals surface area contributed by atoms with Gasteiger partial charge in [0, 0.05) is 37.7 Å². The van der Waals surface area contributed by atoms with E-state index in [1.165, 1.54) is 17.9 Å². The number of hydrogen-bond acceptors (Lipinski definition) is 6. The van der Waals surface area contributed by atoms with Crippen LogP contribution in [0.4, 0.5) is 4.39 Å². The summed E-state index contributed by atoms with van der Waals surface area (Å²) in [4.78, 5) is 29.2. The number of hydrogen-bond donors (Lipinski definition) is 2. The second-order valence-corrected chi connectivity index (χ2v) is 11.4. The minimum atomic E-state index is -4.34. The van der Waals surface area contributed by atoms with E-state index in [0.717, 1.165) is 23.5 Å². The number of amides is 2. The third kappa shape index (κ3) is 6.43. The smallest absolute Gasteiger partial charge is 0.261 e. The average Bonchev–Trinajstić information content (AvgIpc) is 3.19. The molecule has 0 aliphatic carbocycles. The lowest BCUT2D eigenvalue weighted by Gasteiger charge is -2.34. The fourth-order valence-corrected chi connectivity index (χ4v) is 5.98. The monoisotopic (exact) mass is 536 g/mol. The summed E-state index contributed by atoms with van der Waals surface area (Å²) >= 11 is 12.9. The van der Waals surface area contributed by atoms with Crippen molar-refractivity contribution in [1.82, 2.24) is 19.8 Å². The van der Waals surface area contributed by atoms with Gasteiger partial charge < -0.3 is 15.1 Å². The summed E-state index contributed by atoms with van der Waals surface area (Å²) in [7, 11) is -2.42. The number of sulfonamides is 1. The van der Waals surface area contributed by atoms with Crippen molar-refractivity contribution in [3.63, 3.8) is 0 Å². The summed E-state index contributed by atoms with van der Waals surface area (Å²) < 4.78 is 42.8. The Kier molecular flexibility index (Phi) is 8.35. The van der Waals surface area contributed by atoms with Crippen LogP contribution in [0.1, 0.15) is 15.2 Å². The predicted octanol–water partition coefficient (Wildman–Crippen LogP) is 2.35. The fraction of sp³-hybridized carbons (Fsp3) is 0.400. The quantitative estimate of drug-likeness (QED) is 0.565. The van der Waals surface area contributed by atoms with Crippen LogP contribution in [-0.2, 0) is 14.8 Å². The lowest BCUT2D eigenvalue weighted by molar-refractivity contribution is -0.134. The van der Waals surface area contributed by atoms with E-state index in [0.29, 0.717) is 35.4 Å². The number of benzene rings is 1. The van der Waals surface area contributed by atoms with Crippen LogP contribution >= 0.6 is 34.5 Å². The molecular formula is C20H23Cl2FN4O4S2. The number of likely N-dealkylation sites (N-methyl/N-ethyl adjacent to an activating group) is 1. The molecule has 0 radical (unpaired) electrons. The normalized spacial score (nSPS) is 16.0. The SMILES string of the molecule is Cc1c(Cl)cc(F)cc1S(=O)(=O)N[C@@H](CNC(=O)c1ccc(Cl)s1)C(=O)N1CCN(C)CC1. The van der Waals surface area contributed by atoms with Crippen LogP contribution in [-0.4, -0.2) is 75.8 Å². The van der Waals surface area contributed by atoms with Crippen molar-refractivity contribution >= 4 is 56.4 Å². The maximum Gasteiger partial charge on any atom is 0.261 e. The average molecular weight is 537 g/mol. The molecule has 1 aromatic carbocycles. The van der Waals surface area contributed by atoms with E-state index in [4.69, 9.17) is 23.2 Å². The highest BCUT2D eigenvalue weighted by atomic mass is 35.5. The first-order valence-electron chi connectivity index (χ1n) is 9.97. The molecule has 1 saturated heterocycles. The van der Waals surface area contributed by atoms with Crippen molar-refractivity contribution in [2.24, 2.45) is 0 Å². The Morgan fingerprint density at radius 3 is 2.45 bits per heavy atom. The van der Waals surface area contributed by atoms with Crippen LogP contribution in [0.25, 0.3) is 0 Å².